The molecule has 15 heavy (non-hydrogen) atoms. The second kappa shape index (κ2) is 3.83. The lowest BCUT2D eigenvalue weighted by molar-refractivity contribution is 0.592. The van der Waals surface area contributed by atoms with Crippen molar-refractivity contribution in [2.75, 3.05) is 17.4 Å². The molecule has 1 fully saturated rings. The smallest absolute Gasteiger partial charge is 0.256 e. The molecule has 0 spiro atoms. The lowest BCUT2D eigenvalue weighted by Crippen LogP contribution is -2.29. The normalized spacial score (nSPS) is 19.5. The highest BCUT2D eigenvalue weighted by atomic mass is 35.5. The van der Waals surface area contributed by atoms with Crippen LogP contribution in [0, 0.1) is 0 Å². The van der Waals surface area contributed by atoms with Gasteiger partial charge in [-0.15, -0.1) is 0 Å². The van der Waals surface area contributed by atoms with Crippen LogP contribution < -0.4 is 9.03 Å². The fourth-order valence-electron chi connectivity index (χ4n) is 1.38. The first kappa shape index (κ1) is 11.0. The second-order valence-corrected chi connectivity index (χ2v) is 5.56. The molecule has 0 saturated carbocycles. The summed E-state index contributed by atoms with van der Waals surface area (Å²) in [6.07, 6.45) is 0. The molecule has 1 aliphatic heterocycles. The van der Waals surface area contributed by atoms with Gasteiger partial charge in [-0.2, -0.15) is 13.1 Å². The van der Waals surface area contributed by atoms with Crippen molar-refractivity contribution >= 4 is 39.1 Å². The third-order valence-corrected chi connectivity index (χ3v) is 4.36. The first-order valence-electron chi connectivity index (χ1n) is 4.23. The largest absolute Gasteiger partial charge is 0.301 e. The van der Waals surface area contributed by atoms with Crippen LogP contribution in [0.2, 0.25) is 10.0 Å². The number of rotatable bonds is 1. The van der Waals surface area contributed by atoms with Crippen LogP contribution in [0.25, 0.3) is 0 Å². The maximum absolute atomic E-state index is 11.5. The summed E-state index contributed by atoms with van der Waals surface area (Å²) >= 11 is 11.6. The standard InChI is InChI=1S/C8H8Cl2N2O2S/c9-7-2-1-6(5-8(7)10)12-4-3-11-15(12,13)14/h1-2,5,11H,3-4H2. The van der Waals surface area contributed by atoms with Gasteiger partial charge in [-0.3, -0.25) is 4.31 Å². The van der Waals surface area contributed by atoms with Crippen LogP contribution in [0.4, 0.5) is 5.69 Å². The molecule has 1 N–H and O–H groups in total. The Morgan fingerprint density at radius 1 is 1.27 bits per heavy atom. The molecule has 0 unspecified atom stereocenters. The van der Waals surface area contributed by atoms with Crippen LogP contribution in [-0.2, 0) is 10.2 Å². The fraction of sp³-hybridized carbons (Fsp3) is 0.250. The summed E-state index contributed by atoms with van der Waals surface area (Å²) < 4.78 is 26.7. The number of nitrogens with one attached hydrogen (secondary N) is 1. The molecule has 1 aromatic rings. The summed E-state index contributed by atoms with van der Waals surface area (Å²) in [6.45, 7) is 0.808. The monoisotopic (exact) mass is 266 g/mol. The molecule has 0 radical (unpaired) electrons. The molecule has 0 amide bonds. The quantitative estimate of drug-likeness (QED) is 0.841. The molecule has 2 rings (SSSR count). The first-order valence-corrected chi connectivity index (χ1v) is 6.43. The Balaban J connectivity index is 2.42. The van der Waals surface area contributed by atoms with Gasteiger partial charge in [0.2, 0.25) is 0 Å². The molecule has 1 aliphatic rings. The maximum atomic E-state index is 11.5. The molecule has 0 atom stereocenters. The van der Waals surface area contributed by atoms with E-state index >= 15 is 0 Å². The van der Waals surface area contributed by atoms with E-state index in [1.807, 2.05) is 0 Å². The van der Waals surface area contributed by atoms with Gasteiger partial charge in [-0.25, -0.2) is 0 Å². The second-order valence-electron chi connectivity index (χ2n) is 3.07. The molecular weight excluding hydrogens is 259 g/mol. The number of anilines is 1. The zero-order chi connectivity index (χ0) is 11.1. The fourth-order valence-corrected chi connectivity index (χ4v) is 2.90. The van der Waals surface area contributed by atoms with E-state index in [2.05, 4.69) is 4.72 Å². The molecule has 0 bridgehead atoms. The first-order chi connectivity index (χ1) is 7.00. The van der Waals surface area contributed by atoms with Crippen molar-refractivity contribution in [3.63, 3.8) is 0 Å². The minimum absolute atomic E-state index is 0.344. The van der Waals surface area contributed by atoms with Gasteiger partial charge in [-0.1, -0.05) is 23.2 Å². The van der Waals surface area contributed by atoms with Gasteiger partial charge in [0.05, 0.1) is 15.7 Å². The Kier molecular flexibility index (Phi) is 2.81. The summed E-state index contributed by atoms with van der Waals surface area (Å²) in [6, 6.07) is 4.74. The van der Waals surface area contributed by atoms with Gasteiger partial charge >= 0.3 is 10.2 Å². The zero-order valence-corrected chi connectivity index (χ0v) is 9.90. The zero-order valence-electron chi connectivity index (χ0n) is 7.57. The van der Waals surface area contributed by atoms with Crippen molar-refractivity contribution in [3.8, 4) is 0 Å². The third-order valence-electron chi connectivity index (χ3n) is 2.08. The Labute approximate surface area is 98.0 Å². The van der Waals surface area contributed by atoms with E-state index in [4.69, 9.17) is 23.2 Å². The van der Waals surface area contributed by atoms with Gasteiger partial charge in [0, 0.05) is 13.1 Å². The number of nitrogens with zero attached hydrogens (tertiary/aromatic N) is 1. The number of hydrogen-bond donors (Lipinski definition) is 1. The average Bonchev–Trinajstić information content (AvgIpc) is 2.50. The minimum atomic E-state index is -3.39. The van der Waals surface area contributed by atoms with Crippen LogP contribution in [0.3, 0.4) is 0 Å². The van der Waals surface area contributed by atoms with Gasteiger partial charge < -0.3 is 0 Å². The van der Waals surface area contributed by atoms with E-state index in [0.717, 1.165) is 0 Å². The Morgan fingerprint density at radius 3 is 2.53 bits per heavy atom. The van der Waals surface area contributed by atoms with Crippen molar-refractivity contribution in [2.45, 2.75) is 0 Å². The number of halogens is 2. The predicted molar refractivity (Wildman–Crippen MR) is 60.7 cm³/mol. The van der Waals surface area contributed by atoms with E-state index in [0.29, 0.717) is 28.8 Å². The van der Waals surface area contributed by atoms with Crippen LogP contribution in [0.15, 0.2) is 18.2 Å². The van der Waals surface area contributed by atoms with Crippen LogP contribution in [0.5, 0.6) is 0 Å². The van der Waals surface area contributed by atoms with E-state index in [1.54, 1.807) is 12.1 Å². The Bertz CT molecular complexity index is 489. The summed E-state index contributed by atoms with van der Waals surface area (Å²) in [4.78, 5) is 0. The number of benzene rings is 1. The Hall–Kier alpha value is -0.490. The van der Waals surface area contributed by atoms with E-state index in [-0.39, 0.29) is 0 Å². The summed E-state index contributed by atoms with van der Waals surface area (Å²) in [7, 11) is -3.39. The van der Waals surface area contributed by atoms with E-state index < -0.39 is 10.2 Å². The topological polar surface area (TPSA) is 49.4 Å². The summed E-state index contributed by atoms with van der Waals surface area (Å²) in [5, 5.41) is 0.751. The molecular formula is C8H8Cl2N2O2S. The van der Waals surface area contributed by atoms with E-state index in [1.165, 1.54) is 10.4 Å². The number of hydrogen-bond acceptors (Lipinski definition) is 2. The lowest BCUT2D eigenvalue weighted by atomic mass is 10.3. The molecule has 0 aliphatic carbocycles. The molecule has 0 aromatic heterocycles. The third kappa shape index (κ3) is 2.06. The highest BCUT2D eigenvalue weighted by Crippen LogP contribution is 2.28. The highest BCUT2D eigenvalue weighted by Gasteiger charge is 2.27. The van der Waals surface area contributed by atoms with Crippen molar-refractivity contribution in [3.05, 3.63) is 28.2 Å². The molecule has 1 saturated heterocycles. The average molecular weight is 267 g/mol. The molecule has 82 valence electrons. The van der Waals surface area contributed by atoms with Crippen molar-refractivity contribution < 1.29 is 8.42 Å². The Morgan fingerprint density at radius 2 is 2.00 bits per heavy atom. The SMILES string of the molecule is O=S1(=O)NCCN1c1ccc(Cl)c(Cl)c1. The molecule has 1 aromatic carbocycles. The van der Waals surface area contributed by atoms with Crippen LogP contribution >= 0.6 is 23.2 Å². The summed E-state index contributed by atoms with van der Waals surface area (Å²) in [5.74, 6) is 0. The van der Waals surface area contributed by atoms with Gasteiger partial charge in [0.15, 0.2) is 0 Å². The van der Waals surface area contributed by atoms with Gasteiger partial charge in [0.1, 0.15) is 0 Å². The summed E-state index contributed by atoms with van der Waals surface area (Å²) in [5.41, 5.74) is 0.523. The van der Waals surface area contributed by atoms with Crippen LogP contribution in [-0.4, -0.2) is 21.5 Å². The molecule has 4 nitrogen and oxygen atoms in total. The van der Waals surface area contributed by atoms with Gasteiger partial charge in [-0.05, 0) is 18.2 Å². The minimum Gasteiger partial charge on any atom is -0.256 e. The van der Waals surface area contributed by atoms with Crippen LogP contribution in [0.1, 0.15) is 0 Å². The highest BCUT2D eigenvalue weighted by molar-refractivity contribution is 7.91. The van der Waals surface area contributed by atoms with Crippen molar-refractivity contribution in [1.29, 1.82) is 0 Å². The van der Waals surface area contributed by atoms with E-state index in [9.17, 15) is 8.42 Å². The predicted octanol–water partition coefficient (Wildman–Crippen LogP) is 1.65. The molecule has 1 heterocycles. The van der Waals surface area contributed by atoms with Crippen molar-refractivity contribution in [1.82, 2.24) is 4.72 Å². The van der Waals surface area contributed by atoms with Gasteiger partial charge in [0.25, 0.3) is 0 Å². The van der Waals surface area contributed by atoms with Crippen molar-refractivity contribution in [2.24, 2.45) is 0 Å². The maximum Gasteiger partial charge on any atom is 0.301 e. The molecule has 7 heteroatoms. The lowest BCUT2D eigenvalue weighted by Gasteiger charge is -2.16.